The van der Waals surface area contributed by atoms with E-state index in [1.807, 2.05) is 6.07 Å². The highest BCUT2D eigenvalue weighted by molar-refractivity contribution is 7.91. The maximum Gasteiger partial charge on any atom is 0.338 e. The zero-order chi connectivity index (χ0) is 23.3. The van der Waals surface area contributed by atoms with Crippen LogP contribution >= 0.6 is 0 Å². The number of hydrogen-bond acceptors (Lipinski definition) is 7. The van der Waals surface area contributed by atoms with Gasteiger partial charge < -0.3 is 19.1 Å². The summed E-state index contributed by atoms with van der Waals surface area (Å²) in [6, 6.07) is 14.9. The second-order valence-electron chi connectivity index (χ2n) is 8.20. The van der Waals surface area contributed by atoms with Crippen LogP contribution in [0, 0.1) is 0 Å². The Kier molecular flexibility index (Phi) is 7.29. The minimum atomic E-state index is -3.19. The van der Waals surface area contributed by atoms with Crippen molar-refractivity contribution in [1.29, 1.82) is 0 Å². The van der Waals surface area contributed by atoms with E-state index in [-0.39, 0.29) is 17.6 Å². The van der Waals surface area contributed by atoms with E-state index >= 15 is 0 Å². The van der Waals surface area contributed by atoms with E-state index in [1.54, 1.807) is 48.5 Å². The van der Waals surface area contributed by atoms with Crippen LogP contribution in [0.5, 0.6) is 5.75 Å². The molecule has 33 heavy (non-hydrogen) atoms. The third-order valence-electron chi connectivity index (χ3n) is 5.75. The van der Waals surface area contributed by atoms with Crippen molar-refractivity contribution in [3.63, 3.8) is 0 Å². The van der Waals surface area contributed by atoms with Gasteiger partial charge in [-0.1, -0.05) is 18.2 Å². The highest BCUT2D eigenvalue weighted by Gasteiger charge is 2.35. The normalized spacial score (nSPS) is 21.5. The van der Waals surface area contributed by atoms with Crippen LogP contribution in [-0.4, -0.2) is 63.8 Å². The van der Waals surface area contributed by atoms with Gasteiger partial charge in [-0.3, -0.25) is 4.79 Å². The SMILES string of the molecule is O=C(OCC(=O)N(c1ccccc1)[C@@H]1CCS(=O)(=O)C1)c1ccc(OC[C@H]2CCCO2)cc1. The molecule has 0 saturated carbocycles. The van der Waals surface area contributed by atoms with Crippen molar-refractivity contribution in [1.82, 2.24) is 0 Å². The molecule has 0 N–H and O–H groups in total. The number of esters is 1. The molecule has 0 unspecified atom stereocenters. The van der Waals surface area contributed by atoms with Crippen molar-refractivity contribution in [3.05, 3.63) is 60.2 Å². The van der Waals surface area contributed by atoms with Gasteiger partial charge in [-0.2, -0.15) is 0 Å². The highest BCUT2D eigenvalue weighted by Crippen LogP contribution is 2.25. The van der Waals surface area contributed by atoms with Crippen LogP contribution in [0.15, 0.2) is 54.6 Å². The van der Waals surface area contributed by atoms with E-state index in [2.05, 4.69) is 0 Å². The van der Waals surface area contributed by atoms with E-state index in [0.29, 0.717) is 30.0 Å². The number of carbonyl (C=O) groups excluding carboxylic acids is 2. The van der Waals surface area contributed by atoms with Crippen LogP contribution in [0.3, 0.4) is 0 Å². The van der Waals surface area contributed by atoms with E-state index in [1.165, 1.54) is 4.90 Å². The maximum atomic E-state index is 13.0. The van der Waals surface area contributed by atoms with Crippen molar-refractivity contribution in [2.24, 2.45) is 0 Å². The quantitative estimate of drug-likeness (QED) is 0.544. The van der Waals surface area contributed by atoms with E-state index in [4.69, 9.17) is 14.2 Å². The van der Waals surface area contributed by atoms with Gasteiger partial charge in [0.15, 0.2) is 16.4 Å². The predicted octanol–water partition coefficient (Wildman–Crippen LogP) is 2.62. The second-order valence-corrected chi connectivity index (χ2v) is 10.4. The number of nitrogens with zero attached hydrogens (tertiary/aromatic N) is 1. The Morgan fingerprint density at radius 1 is 1.03 bits per heavy atom. The number of rotatable bonds is 8. The summed E-state index contributed by atoms with van der Waals surface area (Å²) in [5.41, 5.74) is 0.871. The van der Waals surface area contributed by atoms with E-state index < -0.39 is 34.4 Å². The molecule has 2 aromatic rings. The summed E-state index contributed by atoms with van der Waals surface area (Å²) in [5.74, 6) is -0.547. The Hall–Kier alpha value is -2.91. The molecular weight excluding hydrogens is 446 g/mol. The van der Waals surface area contributed by atoms with Crippen LogP contribution in [0.25, 0.3) is 0 Å². The average molecular weight is 474 g/mol. The number of hydrogen-bond donors (Lipinski definition) is 0. The summed E-state index contributed by atoms with van der Waals surface area (Å²) in [5, 5.41) is 0. The van der Waals surface area contributed by atoms with Crippen molar-refractivity contribution < 1.29 is 32.2 Å². The molecule has 9 heteroatoms. The van der Waals surface area contributed by atoms with Crippen LogP contribution in [-0.2, 0) is 24.1 Å². The lowest BCUT2D eigenvalue weighted by Crippen LogP contribution is -2.43. The molecule has 176 valence electrons. The minimum absolute atomic E-state index is 0.0371. The van der Waals surface area contributed by atoms with Gasteiger partial charge >= 0.3 is 5.97 Å². The molecule has 0 spiro atoms. The molecule has 2 heterocycles. The summed E-state index contributed by atoms with van der Waals surface area (Å²) >= 11 is 0. The molecule has 2 aromatic carbocycles. The largest absolute Gasteiger partial charge is 0.491 e. The predicted molar refractivity (Wildman–Crippen MR) is 122 cm³/mol. The standard InChI is InChI=1S/C24H27NO7S/c26-23(25(19-5-2-1-3-6-19)20-12-14-33(28,29)17-20)16-32-24(27)18-8-10-21(11-9-18)31-15-22-7-4-13-30-22/h1-3,5-6,8-11,20,22H,4,7,12-17H2/t20-,22-/m1/s1. The van der Waals surface area contributed by atoms with Gasteiger partial charge in [0.1, 0.15) is 12.4 Å². The maximum absolute atomic E-state index is 13.0. The summed E-state index contributed by atoms with van der Waals surface area (Å²) in [7, 11) is -3.19. The Labute approximate surface area is 193 Å². The molecule has 0 aromatic heterocycles. The second kappa shape index (κ2) is 10.4. The van der Waals surface area contributed by atoms with E-state index in [9.17, 15) is 18.0 Å². The Balaban J connectivity index is 1.35. The summed E-state index contributed by atoms with van der Waals surface area (Å²) in [4.78, 5) is 26.9. The topological polar surface area (TPSA) is 99.2 Å². The zero-order valence-electron chi connectivity index (χ0n) is 18.2. The molecule has 4 rings (SSSR count). The van der Waals surface area contributed by atoms with Gasteiger partial charge in [-0.15, -0.1) is 0 Å². The first-order chi connectivity index (χ1) is 15.9. The molecule has 2 aliphatic rings. The molecule has 0 bridgehead atoms. The van der Waals surface area contributed by atoms with Crippen LogP contribution in [0.2, 0.25) is 0 Å². The van der Waals surface area contributed by atoms with Crippen molar-refractivity contribution in [2.45, 2.75) is 31.4 Å². The molecule has 2 saturated heterocycles. The summed E-state index contributed by atoms with van der Waals surface area (Å²) in [6.07, 6.45) is 2.47. The molecule has 8 nitrogen and oxygen atoms in total. The number of benzene rings is 2. The third kappa shape index (κ3) is 6.11. The number of sulfone groups is 1. The van der Waals surface area contributed by atoms with Crippen molar-refractivity contribution >= 4 is 27.4 Å². The number of carbonyl (C=O) groups is 2. The Bertz CT molecular complexity index is 1060. The van der Waals surface area contributed by atoms with Crippen molar-refractivity contribution in [2.75, 3.05) is 36.2 Å². The van der Waals surface area contributed by atoms with Gasteiger partial charge in [-0.05, 0) is 55.7 Å². The molecule has 2 atom stereocenters. The summed E-state index contributed by atoms with van der Waals surface area (Å²) in [6.45, 7) is 0.738. The van der Waals surface area contributed by atoms with Gasteiger partial charge in [-0.25, -0.2) is 13.2 Å². The van der Waals surface area contributed by atoms with E-state index in [0.717, 1.165) is 19.4 Å². The molecule has 1 amide bonds. The van der Waals surface area contributed by atoms with Gasteiger partial charge in [0.25, 0.3) is 5.91 Å². The van der Waals surface area contributed by atoms with Crippen molar-refractivity contribution in [3.8, 4) is 5.75 Å². The van der Waals surface area contributed by atoms with Gasteiger partial charge in [0, 0.05) is 12.3 Å². The first kappa shape index (κ1) is 23.3. The number of ether oxygens (including phenoxy) is 3. The zero-order valence-corrected chi connectivity index (χ0v) is 19.0. The fraction of sp³-hybridized carbons (Fsp3) is 0.417. The van der Waals surface area contributed by atoms with Gasteiger partial charge in [0.05, 0.1) is 29.2 Å². The van der Waals surface area contributed by atoms with Crippen LogP contribution in [0.1, 0.15) is 29.6 Å². The fourth-order valence-corrected chi connectivity index (χ4v) is 5.76. The Morgan fingerprint density at radius 2 is 1.79 bits per heavy atom. The average Bonchev–Trinajstić information content (AvgIpc) is 3.46. The molecular formula is C24H27NO7S. The Morgan fingerprint density at radius 3 is 2.42 bits per heavy atom. The molecule has 2 fully saturated rings. The van der Waals surface area contributed by atoms with Crippen LogP contribution in [0.4, 0.5) is 5.69 Å². The molecule has 0 radical (unpaired) electrons. The lowest BCUT2D eigenvalue weighted by atomic mass is 10.2. The smallest absolute Gasteiger partial charge is 0.338 e. The first-order valence-electron chi connectivity index (χ1n) is 11.0. The molecule has 2 aliphatic heterocycles. The first-order valence-corrected chi connectivity index (χ1v) is 12.8. The fourth-order valence-electron chi connectivity index (χ4n) is 4.06. The third-order valence-corrected chi connectivity index (χ3v) is 7.50. The number of amides is 1. The van der Waals surface area contributed by atoms with Crippen LogP contribution < -0.4 is 9.64 Å². The van der Waals surface area contributed by atoms with Gasteiger partial charge in [0.2, 0.25) is 0 Å². The summed E-state index contributed by atoms with van der Waals surface area (Å²) < 4.78 is 40.4. The highest BCUT2D eigenvalue weighted by atomic mass is 32.2. The molecule has 0 aliphatic carbocycles. The monoisotopic (exact) mass is 473 g/mol. The number of anilines is 1. The number of para-hydroxylation sites is 1. The lowest BCUT2D eigenvalue weighted by molar-refractivity contribution is -0.122. The minimum Gasteiger partial charge on any atom is -0.491 e. The lowest BCUT2D eigenvalue weighted by Gasteiger charge is -2.28.